The van der Waals surface area contributed by atoms with Gasteiger partial charge in [0.15, 0.2) is 0 Å². The Morgan fingerprint density at radius 3 is 2.73 bits per heavy atom. The molecule has 1 aromatic heterocycles. The summed E-state index contributed by atoms with van der Waals surface area (Å²) in [6.45, 7) is 4.07. The number of hydrogen-bond acceptors (Lipinski definition) is 5. The van der Waals surface area contributed by atoms with Crippen LogP contribution in [-0.2, 0) is 6.61 Å². The molecular weight excluding hydrogens is 323 g/mol. The Balaban J connectivity index is 1.66. The molecule has 5 nitrogen and oxygen atoms in total. The van der Waals surface area contributed by atoms with Gasteiger partial charge in [0.1, 0.15) is 6.61 Å². The van der Waals surface area contributed by atoms with E-state index in [1.807, 2.05) is 6.07 Å². The summed E-state index contributed by atoms with van der Waals surface area (Å²) in [7, 11) is 0. The summed E-state index contributed by atoms with van der Waals surface area (Å²) in [6, 6.07) is 7.19. The lowest BCUT2D eigenvalue weighted by Gasteiger charge is -2.27. The number of halogens is 2. The summed E-state index contributed by atoms with van der Waals surface area (Å²) in [5.74, 6) is 1.25. The molecule has 3 rings (SSSR count). The van der Waals surface area contributed by atoms with Gasteiger partial charge < -0.3 is 15.0 Å². The first-order chi connectivity index (χ1) is 10.7. The zero-order valence-electron chi connectivity index (χ0n) is 11.9. The van der Waals surface area contributed by atoms with Crippen LogP contribution in [0.4, 0.5) is 5.95 Å². The first kappa shape index (κ1) is 15.3. The van der Waals surface area contributed by atoms with Crippen LogP contribution in [0.2, 0.25) is 10.0 Å². The smallest absolute Gasteiger partial charge is 0.228 e. The van der Waals surface area contributed by atoms with Crippen LogP contribution in [0, 0.1) is 0 Å². The van der Waals surface area contributed by atoms with Crippen LogP contribution in [0.1, 0.15) is 5.56 Å². The standard InChI is InChI=1S/C15H16Cl2N4O/c16-12-2-1-11(9-13(12)17)10-22-14-3-4-19-15(20-14)21-7-5-18-6-8-21/h1-4,9,18H,5-8,10H2. The highest BCUT2D eigenvalue weighted by Gasteiger charge is 2.13. The van der Waals surface area contributed by atoms with E-state index in [1.54, 1.807) is 24.4 Å². The molecular formula is C15H16Cl2N4O. The maximum absolute atomic E-state index is 6.00. The maximum Gasteiger partial charge on any atom is 0.228 e. The minimum Gasteiger partial charge on any atom is -0.473 e. The van der Waals surface area contributed by atoms with Gasteiger partial charge in [-0.05, 0) is 17.7 Å². The molecule has 1 N–H and O–H groups in total. The number of piperazine rings is 1. The van der Waals surface area contributed by atoms with Crippen molar-refractivity contribution in [2.24, 2.45) is 0 Å². The van der Waals surface area contributed by atoms with Crippen LogP contribution in [0.3, 0.4) is 0 Å². The predicted molar refractivity (Wildman–Crippen MR) is 87.9 cm³/mol. The summed E-state index contributed by atoms with van der Waals surface area (Å²) in [5.41, 5.74) is 0.941. The normalized spacial score (nSPS) is 14.9. The third-order valence-corrected chi connectivity index (χ3v) is 4.13. The van der Waals surface area contributed by atoms with Crippen LogP contribution in [0.5, 0.6) is 5.88 Å². The van der Waals surface area contributed by atoms with Crippen molar-refractivity contribution in [2.75, 3.05) is 31.1 Å². The summed E-state index contributed by atoms with van der Waals surface area (Å²) in [5, 5.41) is 4.36. The van der Waals surface area contributed by atoms with E-state index >= 15 is 0 Å². The second kappa shape index (κ2) is 7.13. The minimum absolute atomic E-state index is 0.384. The lowest BCUT2D eigenvalue weighted by Crippen LogP contribution is -2.44. The molecule has 1 aromatic carbocycles. The molecule has 2 aromatic rings. The van der Waals surface area contributed by atoms with Gasteiger partial charge >= 0.3 is 0 Å². The minimum atomic E-state index is 0.384. The Morgan fingerprint density at radius 2 is 1.95 bits per heavy atom. The van der Waals surface area contributed by atoms with Crippen molar-refractivity contribution >= 4 is 29.2 Å². The third kappa shape index (κ3) is 3.80. The number of nitrogens with one attached hydrogen (secondary N) is 1. The number of nitrogens with zero attached hydrogens (tertiary/aromatic N) is 3. The molecule has 0 amide bonds. The largest absolute Gasteiger partial charge is 0.473 e. The molecule has 0 atom stereocenters. The fraction of sp³-hybridized carbons (Fsp3) is 0.333. The van der Waals surface area contributed by atoms with Gasteiger partial charge in [-0.15, -0.1) is 0 Å². The zero-order valence-corrected chi connectivity index (χ0v) is 13.4. The van der Waals surface area contributed by atoms with Crippen molar-refractivity contribution < 1.29 is 4.74 Å². The molecule has 116 valence electrons. The van der Waals surface area contributed by atoms with Gasteiger partial charge in [-0.1, -0.05) is 29.3 Å². The van der Waals surface area contributed by atoms with Crippen molar-refractivity contribution in [3.63, 3.8) is 0 Å². The van der Waals surface area contributed by atoms with Gasteiger partial charge in [0, 0.05) is 38.4 Å². The lowest BCUT2D eigenvalue weighted by atomic mass is 10.2. The molecule has 1 saturated heterocycles. The van der Waals surface area contributed by atoms with Crippen molar-refractivity contribution in [3.05, 3.63) is 46.1 Å². The fourth-order valence-electron chi connectivity index (χ4n) is 2.22. The Hall–Kier alpha value is -1.56. The van der Waals surface area contributed by atoms with Crippen molar-refractivity contribution in [3.8, 4) is 5.88 Å². The van der Waals surface area contributed by atoms with Crippen LogP contribution in [0.25, 0.3) is 0 Å². The second-order valence-corrected chi connectivity index (χ2v) is 5.78. The molecule has 2 heterocycles. The van der Waals surface area contributed by atoms with E-state index in [0.717, 1.165) is 31.7 Å². The van der Waals surface area contributed by atoms with E-state index in [1.165, 1.54) is 0 Å². The number of benzene rings is 1. The average Bonchev–Trinajstić information content (AvgIpc) is 2.57. The molecule has 0 unspecified atom stereocenters. The fourth-order valence-corrected chi connectivity index (χ4v) is 2.54. The zero-order chi connectivity index (χ0) is 15.4. The highest BCUT2D eigenvalue weighted by atomic mass is 35.5. The van der Waals surface area contributed by atoms with Gasteiger partial charge in [0.25, 0.3) is 0 Å². The Bertz CT molecular complexity index is 647. The monoisotopic (exact) mass is 338 g/mol. The molecule has 1 aliphatic heterocycles. The Labute approximate surface area is 139 Å². The SMILES string of the molecule is Clc1ccc(COc2ccnc(N3CCNCC3)n2)cc1Cl. The quantitative estimate of drug-likeness (QED) is 0.928. The highest BCUT2D eigenvalue weighted by Crippen LogP contribution is 2.23. The molecule has 0 saturated carbocycles. The van der Waals surface area contributed by atoms with E-state index < -0.39 is 0 Å². The van der Waals surface area contributed by atoms with E-state index in [9.17, 15) is 0 Å². The maximum atomic E-state index is 6.00. The molecule has 0 bridgehead atoms. The van der Waals surface area contributed by atoms with Gasteiger partial charge in [-0.25, -0.2) is 4.98 Å². The average molecular weight is 339 g/mol. The first-order valence-corrected chi connectivity index (χ1v) is 7.83. The first-order valence-electron chi connectivity index (χ1n) is 7.08. The van der Waals surface area contributed by atoms with Crippen LogP contribution in [-0.4, -0.2) is 36.1 Å². The van der Waals surface area contributed by atoms with E-state index in [4.69, 9.17) is 27.9 Å². The molecule has 0 radical (unpaired) electrons. The van der Waals surface area contributed by atoms with Gasteiger partial charge in [-0.3, -0.25) is 0 Å². The number of anilines is 1. The summed E-state index contributed by atoms with van der Waals surface area (Å²) >= 11 is 11.9. The van der Waals surface area contributed by atoms with E-state index in [-0.39, 0.29) is 0 Å². The third-order valence-electron chi connectivity index (χ3n) is 3.39. The number of hydrogen-bond donors (Lipinski definition) is 1. The number of aromatic nitrogens is 2. The van der Waals surface area contributed by atoms with Crippen LogP contribution in [0.15, 0.2) is 30.5 Å². The number of rotatable bonds is 4. The van der Waals surface area contributed by atoms with E-state index in [2.05, 4.69) is 20.2 Å². The molecule has 0 aliphatic carbocycles. The van der Waals surface area contributed by atoms with Gasteiger partial charge in [0.05, 0.1) is 10.0 Å². The van der Waals surface area contributed by atoms with Crippen molar-refractivity contribution in [1.29, 1.82) is 0 Å². The molecule has 0 spiro atoms. The summed E-state index contributed by atoms with van der Waals surface area (Å²) < 4.78 is 5.72. The van der Waals surface area contributed by atoms with Crippen molar-refractivity contribution in [2.45, 2.75) is 6.61 Å². The van der Waals surface area contributed by atoms with Gasteiger partial charge in [-0.2, -0.15) is 4.98 Å². The molecule has 7 heteroatoms. The summed E-state index contributed by atoms with van der Waals surface area (Å²) in [4.78, 5) is 10.9. The Kier molecular flexibility index (Phi) is 4.97. The second-order valence-electron chi connectivity index (χ2n) is 4.97. The van der Waals surface area contributed by atoms with Crippen molar-refractivity contribution in [1.82, 2.24) is 15.3 Å². The molecule has 1 fully saturated rings. The van der Waals surface area contributed by atoms with E-state index in [0.29, 0.717) is 28.5 Å². The molecule has 22 heavy (non-hydrogen) atoms. The Morgan fingerprint density at radius 1 is 1.14 bits per heavy atom. The summed E-state index contributed by atoms with van der Waals surface area (Å²) in [6.07, 6.45) is 1.72. The lowest BCUT2D eigenvalue weighted by molar-refractivity contribution is 0.293. The van der Waals surface area contributed by atoms with Crippen LogP contribution < -0.4 is 15.0 Å². The van der Waals surface area contributed by atoms with Crippen LogP contribution >= 0.6 is 23.2 Å². The highest BCUT2D eigenvalue weighted by molar-refractivity contribution is 6.42. The number of ether oxygens (including phenoxy) is 1. The predicted octanol–water partition coefficient (Wildman–Crippen LogP) is 2.77. The topological polar surface area (TPSA) is 50.3 Å². The van der Waals surface area contributed by atoms with Gasteiger partial charge in [0.2, 0.25) is 11.8 Å². The molecule has 1 aliphatic rings.